The summed E-state index contributed by atoms with van der Waals surface area (Å²) in [6, 6.07) is 12.2. The number of carbonyl (C=O) groups is 2. The van der Waals surface area contributed by atoms with E-state index in [4.69, 9.17) is 4.74 Å². The zero-order valence-electron chi connectivity index (χ0n) is 16.9. The number of hydrogen-bond donors (Lipinski definition) is 0. The fourth-order valence-corrected chi connectivity index (χ4v) is 3.69. The fraction of sp³-hybridized carbons (Fsp3) is 0.304. The molecule has 1 heterocycles. The van der Waals surface area contributed by atoms with Crippen LogP contribution >= 0.6 is 0 Å². The topological polar surface area (TPSA) is 51.5 Å². The van der Waals surface area contributed by atoms with Crippen LogP contribution in [-0.2, 0) is 28.8 Å². The van der Waals surface area contributed by atoms with Crippen molar-refractivity contribution in [3.8, 4) is 0 Å². The number of hydrogen-bond acceptors (Lipinski definition) is 3. The highest BCUT2D eigenvalue weighted by molar-refractivity contribution is 6.04. The minimum absolute atomic E-state index is 0.0225. The molecule has 5 nitrogen and oxygen atoms in total. The van der Waals surface area contributed by atoms with Gasteiger partial charge in [-0.1, -0.05) is 30.3 Å². The number of carbonyl (C=O) groups excluding carboxylic acids is 2. The lowest BCUT2D eigenvalue weighted by atomic mass is 10.1. The first-order valence-corrected chi connectivity index (χ1v) is 9.89. The summed E-state index contributed by atoms with van der Waals surface area (Å²) < 4.78 is 45.0. The first-order valence-electron chi connectivity index (χ1n) is 9.89. The van der Waals surface area contributed by atoms with Crippen molar-refractivity contribution in [3.05, 3.63) is 71.4 Å². The maximum Gasteiger partial charge on any atom is 0.416 e. The third kappa shape index (κ3) is 4.42. The molecule has 0 radical (unpaired) electrons. The predicted octanol–water partition coefficient (Wildman–Crippen LogP) is 4.64. The smallest absolute Gasteiger partial charge is 0.416 e. The monoisotopic (exact) mass is 430 g/mol. The maximum absolute atomic E-state index is 13.1. The molecule has 0 N–H and O–H groups in total. The van der Waals surface area contributed by atoms with Crippen LogP contribution in [0.3, 0.4) is 0 Å². The Morgan fingerprint density at radius 2 is 1.77 bits per heavy atom. The van der Waals surface area contributed by atoms with Gasteiger partial charge in [0, 0.05) is 29.7 Å². The summed E-state index contributed by atoms with van der Waals surface area (Å²) in [6.07, 6.45) is -1.05. The van der Waals surface area contributed by atoms with Gasteiger partial charge >= 0.3 is 12.1 Å². The van der Waals surface area contributed by atoms with Crippen LogP contribution in [0.4, 0.5) is 13.2 Å². The summed E-state index contributed by atoms with van der Waals surface area (Å²) >= 11 is 0. The van der Waals surface area contributed by atoms with Crippen LogP contribution in [0.2, 0.25) is 0 Å². The lowest BCUT2D eigenvalue weighted by molar-refractivity contribution is -0.137. The highest BCUT2D eigenvalue weighted by atomic mass is 19.4. The number of fused-ring (bicyclic) bond motifs is 1. The zero-order valence-corrected chi connectivity index (χ0v) is 16.9. The minimum Gasteiger partial charge on any atom is -0.465 e. The van der Waals surface area contributed by atoms with E-state index in [-0.39, 0.29) is 25.0 Å². The molecule has 1 aliphatic carbocycles. The lowest BCUT2D eigenvalue weighted by Crippen LogP contribution is -2.35. The summed E-state index contributed by atoms with van der Waals surface area (Å²) in [7, 11) is 1.30. The van der Waals surface area contributed by atoms with Gasteiger partial charge in [-0.25, -0.2) is 4.79 Å². The Labute approximate surface area is 177 Å². The van der Waals surface area contributed by atoms with Crippen LogP contribution in [0.15, 0.2) is 54.7 Å². The van der Waals surface area contributed by atoms with Crippen molar-refractivity contribution in [2.45, 2.75) is 38.1 Å². The minimum atomic E-state index is -4.39. The van der Waals surface area contributed by atoms with Crippen LogP contribution in [0.25, 0.3) is 10.9 Å². The molecule has 0 saturated heterocycles. The second-order valence-electron chi connectivity index (χ2n) is 7.63. The summed E-state index contributed by atoms with van der Waals surface area (Å²) in [6.45, 7) is 0.263. The van der Waals surface area contributed by atoms with Crippen molar-refractivity contribution >= 4 is 22.8 Å². The number of esters is 1. The highest BCUT2D eigenvalue weighted by Gasteiger charge is 2.34. The molecule has 162 valence electrons. The Kier molecular flexibility index (Phi) is 5.47. The van der Waals surface area contributed by atoms with E-state index in [0.29, 0.717) is 16.5 Å². The SMILES string of the molecule is COC(=O)c1cn(CC(=O)N(Cc2ccc(C(F)(F)F)cc2)C2CC2)c2ccccc12. The number of para-hydroxylation sites is 1. The number of halogens is 3. The van der Waals surface area contributed by atoms with Crippen molar-refractivity contribution in [2.75, 3.05) is 7.11 Å². The maximum atomic E-state index is 13.1. The van der Waals surface area contributed by atoms with Crippen LogP contribution in [0.1, 0.15) is 34.3 Å². The van der Waals surface area contributed by atoms with E-state index in [2.05, 4.69) is 0 Å². The Morgan fingerprint density at radius 1 is 1.10 bits per heavy atom. The molecule has 31 heavy (non-hydrogen) atoms. The number of aromatic nitrogens is 1. The van der Waals surface area contributed by atoms with Crippen molar-refractivity contribution in [2.24, 2.45) is 0 Å². The quantitative estimate of drug-likeness (QED) is 0.536. The van der Waals surface area contributed by atoms with Gasteiger partial charge in [0.2, 0.25) is 5.91 Å². The molecule has 8 heteroatoms. The molecular weight excluding hydrogens is 409 g/mol. The van der Waals surface area contributed by atoms with Gasteiger partial charge in [0.25, 0.3) is 0 Å². The molecule has 0 spiro atoms. The van der Waals surface area contributed by atoms with Gasteiger partial charge in [-0.15, -0.1) is 0 Å². The normalized spacial score (nSPS) is 13.9. The Hall–Kier alpha value is -3.29. The van der Waals surface area contributed by atoms with E-state index >= 15 is 0 Å². The standard InChI is InChI=1S/C23H21F3N2O3/c1-31-22(30)19-13-27(20-5-3-2-4-18(19)20)14-21(29)28(17-10-11-17)12-15-6-8-16(9-7-15)23(24,25)26/h2-9,13,17H,10-12,14H2,1H3. The van der Waals surface area contributed by atoms with E-state index in [1.54, 1.807) is 21.7 Å². The van der Waals surface area contributed by atoms with E-state index in [1.807, 2.05) is 18.2 Å². The first-order chi connectivity index (χ1) is 14.8. The molecule has 2 aromatic carbocycles. The lowest BCUT2D eigenvalue weighted by Gasteiger charge is -2.23. The number of amides is 1. The van der Waals surface area contributed by atoms with Gasteiger partial charge in [0.15, 0.2) is 0 Å². The van der Waals surface area contributed by atoms with Gasteiger partial charge in [-0.05, 0) is 36.6 Å². The van der Waals surface area contributed by atoms with Gasteiger partial charge in [0.05, 0.1) is 18.2 Å². The van der Waals surface area contributed by atoms with E-state index < -0.39 is 17.7 Å². The van der Waals surface area contributed by atoms with Crippen molar-refractivity contribution in [1.82, 2.24) is 9.47 Å². The molecule has 0 bridgehead atoms. The summed E-state index contributed by atoms with van der Waals surface area (Å²) in [4.78, 5) is 26.9. The first kappa shape index (κ1) is 21.0. The highest BCUT2D eigenvalue weighted by Crippen LogP contribution is 2.32. The number of methoxy groups -OCH3 is 1. The largest absolute Gasteiger partial charge is 0.465 e. The molecule has 1 amide bonds. The second-order valence-corrected chi connectivity index (χ2v) is 7.63. The number of benzene rings is 2. The Balaban J connectivity index is 1.56. The van der Waals surface area contributed by atoms with Gasteiger partial charge in [-0.3, -0.25) is 4.79 Å². The molecule has 1 aromatic heterocycles. The van der Waals surface area contributed by atoms with Gasteiger partial charge < -0.3 is 14.2 Å². The van der Waals surface area contributed by atoms with E-state index in [9.17, 15) is 22.8 Å². The summed E-state index contributed by atoms with van der Waals surface area (Å²) in [5.74, 6) is -0.634. The van der Waals surface area contributed by atoms with E-state index in [0.717, 1.165) is 30.5 Å². The summed E-state index contributed by atoms with van der Waals surface area (Å²) in [5, 5.41) is 0.697. The number of ether oxygens (including phenoxy) is 1. The molecule has 1 fully saturated rings. The second kappa shape index (κ2) is 8.09. The molecule has 4 rings (SSSR count). The molecule has 0 aliphatic heterocycles. The third-order valence-corrected chi connectivity index (χ3v) is 5.44. The summed E-state index contributed by atoms with van der Waals surface area (Å²) in [5.41, 5.74) is 1.05. The van der Waals surface area contributed by atoms with Gasteiger partial charge in [-0.2, -0.15) is 13.2 Å². The molecule has 1 saturated carbocycles. The number of rotatable bonds is 6. The van der Waals surface area contributed by atoms with E-state index in [1.165, 1.54) is 19.2 Å². The molecule has 0 unspecified atom stereocenters. The van der Waals surface area contributed by atoms with Gasteiger partial charge in [0.1, 0.15) is 6.54 Å². The molecule has 3 aromatic rings. The molecular formula is C23H21F3N2O3. The Bertz CT molecular complexity index is 1120. The predicted molar refractivity (Wildman–Crippen MR) is 108 cm³/mol. The van der Waals surface area contributed by atoms with Crippen molar-refractivity contribution in [1.29, 1.82) is 0 Å². The number of alkyl halides is 3. The molecule has 0 atom stereocenters. The van der Waals surface area contributed by atoms with Crippen LogP contribution in [-0.4, -0.2) is 34.5 Å². The zero-order chi connectivity index (χ0) is 22.2. The average Bonchev–Trinajstić information content (AvgIpc) is 3.53. The Morgan fingerprint density at radius 3 is 2.39 bits per heavy atom. The van der Waals surface area contributed by atoms with Crippen molar-refractivity contribution < 1.29 is 27.5 Å². The third-order valence-electron chi connectivity index (χ3n) is 5.44. The van der Waals surface area contributed by atoms with Crippen LogP contribution in [0.5, 0.6) is 0 Å². The fourth-order valence-electron chi connectivity index (χ4n) is 3.69. The average molecular weight is 430 g/mol. The van der Waals surface area contributed by atoms with Crippen LogP contribution in [0, 0.1) is 0 Å². The van der Waals surface area contributed by atoms with Crippen molar-refractivity contribution in [3.63, 3.8) is 0 Å². The molecule has 1 aliphatic rings. The number of nitrogens with zero attached hydrogens (tertiary/aromatic N) is 2. The van der Waals surface area contributed by atoms with Crippen LogP contribution < -0.4 is 0 Å².